The molecule has 0 saturated carbocycles. The Morgan fingerprint density at radius 1 is 0.886 bits per heavy atom. The molecule has 0 radical (unpaired) electrons. The van der Waals surface area contributed by atoms with Gasteiger partial charge in [0.15, 0.2) is 16.5 Å². The van der Waals surface area contributed by atoms with E-state index in [4.69, 9.17) is 14.5 Å². The number of ether oxygens (including phenoxy) is 2. The summed E-state index contributed by atoms with van der Waals surface area (Å²) in [6.45, 7) is 5.17. The summed E-state index contributed by atoms with van der Waals surface area (Å²) in [6, 6.07) is 25.7. The van der Waals surface area contributed by atoms with E-state index in [1.165, 1.54) is 11.3 Å². The molecule has 0 spiro atoms. The molecule has 5 rings (SSSR count). The molecular formula is C29H26N2O3S. The van der Waals surface area contributed by atoms with Crippen LogP contribution in [0.1, 0.15) is 25.8 Å². The molecule has 5 nitrogen and oxygen atoms in total. The van der Waals surface area contributed by atoms with Gasteiger partial charge >= 0.3 is 0 Å². The van der Waals surface area contributed by atoms with E-state index < -0.39 is 0 Å². The first-order chi connectivity index (χ1) is 17.2. The summed E-state index contributed by atoms with van der Waals surface area (Å²) in [7, 11) is 0. The molecule has 176 valence electrons. The van der Waals surface area contributed by atoms with Crippen molar-refractivity contribution in [3.63, 3.8) is 0 Å². The molecule has 0 fully saturated rings. The van der Waals surface area contributed by atoms with Crippen LogP contribution in [-0.2, 0) is 0 Å². The molecule has 2 aromatic heterocycles. The van der Waals surface area contributed by atoms with Crippen LogP contribution in [0.3, 0.4) is 0 Å². The van der Waals surface area contributed by atoms with Gasteiger partial charge in [0.1, 0.15) is 0 Å². The van der Waals surface area contributed by atoms with Crippen molar-refractivity contribution in [2.24, 2.45) is 0 Å². The summed E-state index contributed by atoms with van der Waals surface area (Å²) in [5, 5.41) is 0. The molecule has 0 aliphatic heterocycles. The van der Waals surface area contributed by atoms with Crippen LogP contribution in [0.4, 0.5) is 0 Å². The molecule has 0 bridgehead atoms. The SMILES string of the molecule is CCCOc1ccc(C=c2sc3nc(-c4ccccc4)c(-c4ccccc4)n3c2=O)cc1OCC. The molecule has 0 amide bonds. The van der Waals surface area contributed by atoms with Gasteiger partial charge in [-0.3, -0.25) is 4.79 Å². The summed E-state index contributed by atoms with van der Waals surface area (Å²) >= 11 is 1.39. The van der Waals surface area contributed by atoms with Crippen molar-refractivity contribution in [3.8, 4) is 34.0 Å². The van der Waals surface area contributed by atoms with E-state index in [2.05, 4.69) is 6.92 Å². The number of nitrogens with zero attached hydrogens (tertiary/aromatic N) is 2. The first-order valence-corrected chi connectivity index (χ1v) is 12.6. The predicted molar refractivity (Wildman–Crippen MR) is 142 cm³/mol. The molecule has 3 aromatic carbocycles. The average Bonchev–Trinajstić information content (AvgIpc) is 3.41. The lowest BCUT2D eigenvalue weighted by Crippen LogP contribution is -2.23. The molecule has 0 atom stereocenters. The Morgan fingerprint density at radius 3 is 2.29 bits per heavy atom. The Labute approximate surface area is 207 Å². The third kappa shape index (κ3) is 4.57. The maximum absolute atomic E-state index is 13.6. The van der Waals surface area contributed by atoms with Crippen molar-refractivity contribution in [2.45, 2.75) is 20.3 Å². The summed E-state index contributed by atoms with van der Waals surface area (Å²) in [5.74, 6) is 1.40. The van der Waals surface area contributed by atoms with E-state index in [0.717, 1.165) is 34.5 Å². The van der Waals surface area contributed by atoms with Gasteiger partial charge < -0.3 is 9.47 Å². The lowest BCUT2D eigenvalue weighted by Gasteiger charge is -2.11. The molecular weight excluding hydrogens is 456 g/mol. The van der Waals surface area contributed by atoms with Gasteiger partial charge in [-0.1, -0.05) is 85.0 Å². The van der Waals surface area contributed by atoms with Gasteiger partial charge in [0.05, 0.1) is 29.1 Å². The monoisotopic (exact) mass is 482 g/mol. The van der Waals surface area contributed by atoms with Crippen molar-refractivity contribution >= 4 is 22.4 Å². The van der Waals surface area contributed by atoms with Gasteiger partial charge in [-0.25, -0.2) is 9.38 Å². The number of benzene rings is 3. The Balaban J connectivity index is 1.66. The molecule has 2 heterocycles. The number of hydrogen-bond acceptors (Lipinski definition) is 5. The topological polar surface area (TPSA) is 52.8 Å². The Morgan fingerprint density at radius 2 is 1.60 bits per heavy atom. The predicted octanol–water partition coefficient (Wildman–Crippen LogP) is 5.83. The van der Waals surface area contributed by atoms with Crippen LogP contribution in [0, 0.1) is 0 Å². The van der Waals surface area contributed by atoms with Crippen LogP contribution >= 0.6 is 11.3 Å². The quantitative estimate of drug-likeness (QED) is 0.279. The second-order valence-electron chi connectivity index (χ2n) is 8.06. The lowest BCUT2D eigenvalue weighted by atomic mass is 10.1. The van der Waals surface area contributed by atoms with Crippen LogP contribution in [0.25, 0.3) is 33.6 Å². The molecule has 0 aliphatic carbocycles. The van der Waals surface area contributed by atoms with Gasteiger partial charge in [0, 0.05) is 11.1 Å². The van der Waals surface area contributed by atoms with E-state index in [1.807, 2.05) is 91.9 Å². The summed E-state index contributed by atoms with van der Waals surface area (Å²) in [5.41, 5.74) is 4.35. The highest BCUT2D eigenvalue weighted by Crippen LogP contribution is 2.33. The first-order valence-electron chi connectivity index (χ1n) is 11.8. The van der Waals surface area contributed by atoms with Gasteiger partial charge in [0.2, 0.25) is 0 Å². The third-order valence-electron chi connectivity index (χ3n) is 5.58. The lowest BCUT2D eigenvalue weighted by molar-refractivity contribution is 0.277. The van der Waals surface area contributed by atoms with Crippen molar-refractivity contribution in [2.75, 3.05) is 13.2 Å². The van der Waals surface area contributed by atoms with Crippen molar-refractivity contribution < 1.29 is 9.47 Å². The largest absolute Gasteiger partial charge is 0.490 e. The van der Waals surface area contributed by atoms with Gasteiger partial charge in [-0.15, -0.1) is 0 Å². The number of hydrogen-bond donors (Lipinski definition) is 0. The van der Waals surface area contributed by atoms with E-state index in [9.17, 15) is 4.79 Å². The van der Waals surface area contributed by atoms with Crippen LogP contribution in [0.2, 0.25) is 0 Å². The van der Waals surface area contributed by atoms with Crippen LogP contribution in [-0.4, -0.2) is 22.6 Å². The molecule has 0 N–H and O–H groups in total. The Hall–Kier alpha value is -3.90. The van der Waals surface area contributed by atoms with Gasteiger partial charge in [0.25, 0.3) is 5.56 Å². The van der Waals surface area contributed by atoms with Crippen LogP contribution in [0.15, 0.2) is 83.7 Å². The van der Waals surface area contributed by atoms with Crippen LogP contribution < -0.4 is 19.6 Å². The Kier molecular flexibility index (Phi) is 6.64. The molecule has 35 heavy (non-hydrogen) atoms. The Bertz CT molecular complexity index is 1560. The molecule has 6 heteroatoms. The van der Waals surface area contributed by atoms with Crippen LogP contribution in [0.5, 0.6) is 11.5 Å². The maximum Gasteiger partial charge on any atom is 0.274 e. The minimum absolute atomic E-state index is 0.0807. The zero-order valence-electron chi connectivity index (χ0n) is 19.7. The summed E-state index contributed by atoms with van der Waals surface area (Å²) < 4.78 is 14.0. The third-order valence-corrected chi connectivity index (χ3v) is 6.55. The van der Waals surface area contributed by atoms with E-state index >= 15 is 0 Å². The highest BCUT2D eigenvalue weighted by Gasteiger charge is 2.20. The van der Waals surface area contributed by atoms with Crippen molar-refractivity contribution in [1.82, 2.24) is 9.38 Å². The minimum atomic E-state index is -0.0807. The fraction of sp³-hybridized carbons (Fsp3) is 0.172. The number of thiazole rings is 1. The highest BCUT2D eigenvalue weighted by molar-refractivity contribution is 7.15. The second-order valence-corrected chi connectivity index (χ2v) is 9.07. The van der Waals surface area contributed by atoms with Crippen molar-refractivity contribution in [1.29, 1.82) is 0 Å². The summed E-state index contributed by atoms with van der Waals surface area (Å²) in [4.78, 5) is 19.2. The fourth-order valence-corrected chi connectivity index (χ4v) is 5.00. The number of imidazole rings is 1. The number of aromatic nitrogens is 2. The van der Waals surface area contributed by atoms with E-state index in [0.29, 0.717) is 34.2 Å². The van der Waals surface area contributed by atoms with E-state index in [1.54, 1.807) is 4.40 Å². The minimum Gasteiger partial charge on any atom is -0.490 e. The molecule has 0 unspecified atom stereocenters. The number of rotatable bonds is 8. The van der Waals surface area contributed by atoms with Crippen molar-refractivity contribution in [3.05, 3.63) is 99.3 Å². The van der Waals surface area contributed by atoms with E-state index in [-0.39, 0.29) is 5.56 Å². The van der Waals surface area contributed by atoms with Gasteiger partial charge in [-0.2, -0.15) is 0 Å². The smallest absolute Gasteiger partial charge is 0.274 e. The molecule has 0 aliphatic rings. The zero-order chi connectivity index (χ0) is 24.2. The second kappa shape index (κ2) is 10.2. The molecule has 0 saturated heterocycles. The average molecular weight is 483 g/mol. The highest BCUT2D eigenvalue weighted by atomic mass is 32.1. The van der Waals surface area contributed by atoms with Gasteiger partial charge in [-0.05, 0) is 37.1 Å². The normalized spacial score (nSPS) is 11.8. The maximum atomic E-state index is 13.6. The molecule has 5 aromatic rings. The first kappa shape index (κ1) is 22.9. The number of fused-ring (bicyclic) bond motifs is 1. The fourth-order valence-electron chi connectivity index (χ4n) is 4.02. The zero-order valence-corrected chi connectivity index (χ0v) is 20.5. The standard InChI is InChI=1S/C29H26N2O3S/c1-3-17-34-23-16-15-20(18-24(23)33-4-2)19-25-28(32)31-27(22-13-9-6-10-14-22)26(30-29(31)35-25)21-11-7-5-8-12-21/h5-16,18-19H,3-4,17H2,1-2H3. The summed E-state index contributed by atoms with van der Waals surface area (Å²) in [6.07, 6.45) is 2.81.